The molecule has 7 aromatic rings. The highest BCUT2D eigenvalue weighted by atomic mass is 32.2. The van der Waals surface area contributed by atoms with E-state index < -0.39 is 0 Å². The van der Waals surface area contributed by atoms with Gasteiger partial charge in [0.2, 0.25) is 0 Å². The fourth-order valence-corrected chi connectivity index (χ4v) is 9.65. The Morgan fingerprint density at radius 3 is 2.25 bits per heavy atom. The molecule has 2 nitrogen and oxygen atoms in total. The molecule has 242 valence electrons. The summed E-state index contributed by atoms with van der Waals surface area (Å²) in [6.45, 7) is 6.17. The standard InChI is InChI=1S/C48H33NOS/c1-3-4-16-35-31(2)42-30-33(24-25-38(42)37-18-6-5-17-36(35)37)32-14-13-15-34(29-32)49-47-41(26-28-51-27-12-11-23-45(47)51)46-39-19-7-9-21-43(39)50-44-22-10-8-20-40(44)48(46)49/h3-30H,1H2,2H3/b16-4-. The third-order valence-electron chi connectivity index (χ3n) is 10.4. The molecule has 0 fully saturated rings. The molecule has 10 rings (SSSR count). The number of ether oxygens (including phenoxy) is 1. The summed E-state index contributed by atoms with van der Waals surface area (Å²) in [6.07, 6.45) is 15.0. The first-order valence-corrected chi connectivity index (χ1v) is 18.7. The van der Waals surface area contributed by atoms with Crippen molar-refractivity contribution in [1.82, 2.24) is 4.57 Å². The summed E-state index contributed by atoms with van der Waals surface area (Å²) < 4.78 is 9.16. The zero-order valence-corrected chi connectivity index (χ0v) is 29.0. The van der Waals surface area contributed by atoms with Gasteiger partial charge in [0.15, 0.2) is 0 Å². The Balaban J connectivity index is 1.24. The number of hydrogen-bond donors (Lipinski definition) is 0. The largest absolute Gasteiger partial charge is 0.456 e. The summed E-state index contributed by atoms with van der Waals surface area (Å²) in [7, 11) is -0.118. The molecule has 0 aliphatic carbocycles. The van der Waals surface area contributed by atoms with E-state index in [1.54, 1.807) is 0 Å². The average Bonchev–Trinajstić information content (AvgIpc) is 3.46. The highest BCUT2D eigenvalue weighted by Gasteiger charge is 2.33. The SMILES string of the molecule is C=C/C=C\c1c(C)c2cc(-c3cccc(-n4c5c(c6c4-c4ccccc4Oc4ccccc4-6)C=CS4=C5C=CC=C4)c3)ccc2c2ccccc12. The molecule has 1 unspecified atom stereocenters. The Bertz CT molecular complexity index is 2800. The molecule has 4 heterocycles. The lowest BCUT2D eigenvalue weighted by molar-refractivity contribution is 0.487. The molecule has 0 N–H and O–H groups in total. The Labute approximate surface area is 300 Å². The van der Waals surface area contributed by atoms with Gasteiger partial charge < -0.3 is 9.30 Å². The van der Waals surface area contributed by atoms with E-state index in [9.17, 15) is 0 Å². The van der Waals surface area contributed by atoms with E-state index >= 15 is 0 Å². The number of rotatable bonds is 4. The van der Waals surface area contributed by atoms with E-state index in [4.69, 9.17) is 4.74 Å². The van der Waals surface area contributed by atoms with Crippen LogP contribution in [0.15, 0.2) is 163 Å². The van der Waals surface area contributed by atoms with Crippen molar-refractivity contribution in [3.05, 3.63) is 185 Å². The molecule has 1 atom stereocenters. The lowest BCUT2D eigenvalue weighted by Gasteiger charge is -2.21. The molecule has 0 bridgehead atoms. The van der Waals surface area contributed by atoms with Crippen molar-refractivity contribution in [2.45, 2.75) is 6.92 Å². The number of fused-ring (bicyclic) bond motifs is 11. The number of aromatic nitrogens is 1. The molecule has 3 heteroatoms. The third kappa shape index (κ3) is 4.55. The predicted octanol–water partition coefficient (Wildman–Crippen LogP) is 13.3. The number of allylic oxidation sites excluding steroid dienone is 5. The van der Waals surface area contributed by atoms with Crippen LogP contribution in [0.2, 0.25) is 0 Å². The minimum atomic E-state index is -0.118. The van der Waals surface area contributed by atoms with Crippen molar-refractivity contribution < 1.29 is 4.74 Å². The Morgan fingerprint density at radius 1 is 0.647 bits per heavy atom. The van der Waals surface area contributed by atoms with Gasteiger partial charge in [0, 0.05) is 32.8 Å². The molecule has 0 saturated heterocycles. The fraction of sp³-hybridized carbons (Fsp3) is 0.0208. The van der Waals surface area contributed by atoms with Crippen molar-refractivity contribution >= 4 is 49.0 Å². The lowest BCUT2D eigenvalue weighted by Crippen LogP contribution is -2.11. The van der Waals surface area contributed by atoms with Gasteiger partial charge in [-0.25, -0.2) is 0 Å². The molecule has 0 amide bonds. The summed E-state index contributed by atoms with van der Waals surface area (Å²) in [4.78, 5) is 1.33. The van der Waals surface area contributed by atoms with Crippen LogP contribution in [0.3, 0.4) is 0 Å². The zero-order valence-electron chi connectivity index (χ0n) is 28.1. The van der Waals surface area contributed by atoms with Gasteiger partial charge in [-0.3, -0.25) is 0 Å². The predicted molar refractivity (Wildman–Crippen MR) is 220 cm³/mol. The van der Waals surface area contributed by atoms with E-state index in [-0.39, 0.29) is 10.5 Å². The van der Waals surface area contributed by atoms with Crippen LogP contribution in [0.4, 0.5) is 0 Å². The summed E-state index contributed by atoms with van der Waals surface area (Å²) >= 11 is 0. The number of benzene rings is 6. The first-order chi connectivity index (χ1) is 25.2. The van der Waals surface area contributed by atoms with Gasteiger partial charge in [0.1, 0.15) is 11.5 Å². The summed E-state index contributed by atoms with van der Waals surface area (Å²) in [5.74, 6) is 1.74. The normalized spacial score (nSPS) is 15.2. The van der Waals surface area contributed by atoms with Crippen LogP contribution in [0.5, 0.6) is 11.5 Å². The molecule has 0 saturated carbocycles. The van der Waals surface area contributed by atoms with Crippen LogP contribution in [0, 0.1) is 6.92 Å². The van der Waals surface area contributed by atoms with Crippen molar-refractivity contribution in [3.63, 3.8) is 0 Å². The maximum Gasteiger partial charge on any atom is 0.136 e. The molecule has 3 aliphatic heterocycles. The van der Waals surface area contributed by atoms with Crippen LogP contribution in [0.1, 0.15) is 22.4 Å². The third-order valence-corrected chi connectivity index (χ3v) is 12.1. The van der Waals surface area contributed by atoms with Crippen molar-refractivity contribution in [1.29, 1.82) is 0 Å². The van der Waals surface area contributed by atoms with Gasteiger partial charge in [-0.05, 0) is 110 Å². The molecule has 6 aromatic carbocycles. The van der Waals surface area contributed by atoms with Crippen LogP contribution < -0.4 is 4.74 Å². The average molecular weight is 672 g/mol. The lowest BCUT2D eigenvalue weighted by atomic mass is 9.90. The monoisotopic (exact) mass is 671 g/mol. The van der Waals surface area contributed by atoms with E-state index in [1.165, 1.54) is 65.5 Å². The van der Waals surface area contributed by atoms with Gasteiger partial charge >= 0.3 is 0 Å². The molecule has 3 aliphatic rings. The topological polar surface area (TPSA) is 14.2 Å². The van der Waals surface area contributed by atoms with Crippen molar-refractivity contribution in [3.8, 4) is 50.7 Å². The summed E-state index contributed by atoms with van der Waals surface area (Å²) in [5, 5.41) is 9.73. The van der Waals surface area contributed by atoms with Crippen LogP contribution >= 0.6 is 10.5 Å². The van der Waals surface area contributed by atoms with Crippen LogP contribution in [0.25, 0.3) is 72.9 Å². The Hall–Kier alpha value is -6.16. The summed E-state index contributed by atoms with van der Waals surface area (Å²) in [5.41, 5.74) is 13.0. The second kappa shape index (κ2) is 11.7. The van der Waals surface area contributed by atoms with Crippen molar-refractivity contribution in [2.75, 3.05) is 0 Å². The first kappa shape index (κ1) is 29.7. The maximum absolute atomic E-state index is 6.66. The van der Waals surface area contributed by atoms with Gasteiger partial charge in [-0.15, -0.1) is 10.5 Å². The molecular weight excluding hydrogens is 639 g/mol. The smallest absolute Gasteiger partial charge is 0.136 e. The van der Waals surface area contributed by atoms with E-state index in [0.29, 0.717) is 0 Å². The fourth-order valence-electron chi connectivity index (χ4n) is 8.06. The van der Waals surface area contributed by atoms with E-state index in [0.717, 1.165) is 34.0 Å². The molecule has 1 aromatic heterocycles. The second-order valence-electron chi connectivity index (χ2n) is 13.1. The van der Waals surface area contributed by atoms with Crippen molar-refractivity contribution in [2.24, 2.45) is 0 Å². The van der Waals surface area contributed by atoms with Gasteiger partial charge in [-0.2, -0.15) is 0 Å². The Morgan fingerprint density at radius 2 is 1.39 bits per heavy atom. The first-order valence-electron chi connectivity index (χ1n) is 17.3. The van der Waals surface area contributed by atoms with Crippen LogP contribution in [-0.2, 0) is 0 Å². The molecule has 51 heavy (non-hydrogen) atoms. The van der Waals surface area contributed by atoms with Gasteiger partial charge in [0.05, 0.1) is 11.4 Å². The Kier molecular flexibility index (Phi) is 6.83. The van der Waals surface area contributed by atoms with E-state index in [1.807, 2.05) is 12.2 Å². The molecule has 0 spiro atoms. The maximum atomic E-state index is 6.66. The summed E-state index contributed by atoms with van der Waals surface area (Å²) in [6, 6.07) is 41.6. The number of hydrogen-bond acceptors (Lipinski definition) is 1. The second-order valence-corrected chi connectivity index (χ2v) is 14.9. The molecular formula is C48H33NOS. The minimum absolute atomic E-state index is 0.118. The highest BCUT2D eigenvalue weighted by molar-refractivity contribution is 8.21. The highest BCUT2D eigenvalue weighted by Crippen LogP contribution is 2.53. The quantitative estimate of drug-likeness (QED) is 0.103. The van der Waals surface area contributed by atoms with E-state index in [2.05, 4.69) is 175 Å². The minimum Gasteiger partial charge on any atom is -0.456 e. The van der Waals surface area contributed by atoms with Gasteiger partial charge in [0.25, 0.3) is 0 Å². The zero-order chi connectivity index (χ0) is 34.1. The number of nitrogens with zero attached hydrogens (tertiary/aromatic N) is 1. The van der Waals surface area contributed by atoms with Gasteiger partial charge in [-0.1, -0.05) is 116 Å². The van der Waals surface area contributed by atoms with Crippen LogP contribution in [-0.4, -0.2) is 9.43 Å². The number of aryl methyl sites for hydroxylation is 1. The number of para-hydroxylation sites is 2. The molecule has 0 radical (unpaired) electrons.